The Kier molecular flexibility index (Phi) is 33.5. The van der Waals surface area contributed by atoms with E-state index in [0.29, 0.717) is 5.92 Å². The lowest BCUT2D eigenvalue weighted by Crippen LogP contribution is -2.29. The highest BCUT2D eigenvalue weighted by atomic mass is 16.5. The second kappa shape index (κ2) is 30.2. The summed E-state index contributed by atoms with van der Waals surface area (Å²) in [7, 11) is 0. The molecule has 0 saturated heterocycles. The molecule has 0 heterocycles. The molecule has 0 unspecified atom stereocenters. The molecule has 5 aliphatic carbocycles. The number of ether oxygens (including phenoxy) is 1. The zero-order chi connectivity index (χ0) is 31.0. The van der Waals surface area contributed by atoms with Crippen molar-refractivity contribution < 1.29 is 19.4 Å². The first-order chi connectivity index (χ1) is 20.8. The van der Waals surface area contributed by atoms with Crippen molar-refractivity contribution in [3.8, 4) is 0 Å². The van der Waals surface area contributed by atoms with E-state index in [4.69, 9.17) is 9.53 Å². The minimum Gasteiger partial charge on any atom is -0.462 e. The van der Waals surface area contributed by atoms with Crippen LogP contribution in [-0.2, 0) is 14.3 Å². The molecule has 5 aliphatic rings. The van der Waals surface area contributed by atoms with Gasteiger partial charge < -0.3 is 14.6 Å². The lowest BCUT2D eigenvalue weighted by molar-refractivity contribution is -0.157. The van der Waals surface area contributed by atoms with E-state index in [9.17, 15) is 9.90 Å². The van der Waals surface area contributed by atoms with Gasteiger partial charge in [-0.05, 0) is 144 Å². The smallest absolute Gasteiger partial charge is 0.309 e. The summed E-state index contributed by atoms with van der Waals surface area (Å²) in [5, 5.41) is 9.45. The number of esters is 1. The van der Waals surface area contributed by atoms with Crippen LogP contribution < -0.4 is 0 Å². The molecule has 49 heavy (non-hydrogen) atoms. The summed E-state index contributed by atoms with van der Waals surface area (Å²) >= 11 is 0. The van der Waals surface area contributed by atoms with Gasteiger partial charge in [-0.25, -0.2) is 0 Å². The van der Waals surface area contributed by atoms with Gasteiger partial charge in [0.1, 0.15) is 12.9 Å². The van der Waals surface area contributed by atoms with E-state index in [-0.39, 0.29) is 68.7 Å². The molecule has 0 radical (unpaired) electrons. The van der Waals surface area contributed by atoms with Crippen molar-refractivity contribution in [2.24, 2.45) is 47.3 Å². The van der Waals surface area contributed by atoms with E-state index in [1.54, 1.807) is 0 Å². The number of aliphatic hydroxyl groups is 1. The van der Waals surface area contributed by atoms with Gasteiger partial charge in [0, 0.05) is 0 Å². The third kappa shape index (κ3) is 20.9. The van der Waals surface area contributed by atoms with E-state index >= 15 is 0 Å². The van der Waals surface area contributed by atoms with Crippen molar-refractivity contribution in [2.75, 3.05) is 0 Å². The van der Waals surface area contributed by atoms with Crippen LogP contribution in [0.2, 0.25) is 0 Å². The number of rotatable bonds is 6. The number of carbonyl (C=O) groups excluding carboxylic acids is 2. The van der Waals surface area contributed by atoms with Crippen molar-refractivity contribution in [3.63, 3.8) is 0 Å². The number of allylic oxidation sites excluding steroid dienone is 4. The topological polar surface area (TPSA) is 63.6 Å². The maximum atomic E-state index is 12.5. The molecular weight excluding hydrogens is 604 g/mol. The summed E-state index contributed by atoms with van der Waals surface area (Å²) < 4.78 is 5.82. The summed E-state index contributed by atoms with van der Waals surface area (Å²) in [4.78, 5) is 20.5. The van der Waals surface area contributed by atoms with Gasteiger partial charge in [-0.1, -0.05) is 115 Å². The fourth-order valence-electron chi connectivity index (χ4n) is 8.03. The zero-order valence-corrected chi connectivity index (χ0v) is 28.1. The van der Waals surface area contributed by atoms with Gasteiger partial charge in [0.05, 0.1) is 12.0 Å². The number of carbonyl (C=O) groups is 2. The van der Waals surface area contributed by atoms with Crippen molar-refractivity contribution in [1.82, 2.24) is 0 Å². The molecule has 5 fully saturated rings. The molecule has 0 amide bonds. The third-order valence-electron chi connectivity index (χ3n) is 11.5. The van der Waals surface area contributed by atoms with Gasteiger partial charge in [0.15, 0.2) is 0 Å². The summed E-state index contributed by atoms with van der Waals surface area (Å²) in [6, 6.07) is 0. The molecule has 1 N–H and O–H groups in total. The highest BCUT2D eigenvalue weighted by Crippen LogP contribution is 2.35. The Labute approximate surface area is 309 Å². The first-order valence-corrected chi connectivity index (χ1v) is 18.4. The van der Waals surface area contributed by atoms with Gasteiger partial charge in [0.2, 0.25) is 0 Å². The van der Waals surface area contributed by atoms with E-state index < -0.39 is 0 Å². The fraction of sp³-hybridized carbons (Fsp3) is 0.867. The van der Waals surface area contributed by atoms with Crippen molar-refractivity contribution >= 4 is 12.8 Å². The Bertz CT molecular complexity index is 772. The zero-order valence-electron chi connectivity index (χ0n) is 28.1. The van der Waals surface area contributed by atoms with Gasteiger partial charge >= 0.3 is 5.97 Å². The van der Waals surface area contributed by atoms with E-state index in [1.165, 1.54) is 89.9 Å². The SMILES string of the molecule is C.C.C.C.C.C.C=O.CC1CCC(/C=C/C2CCC(C(=O)OC3CCC(C)CC3)CC2)CC1.CC1CCC(/C=C/C2CCC(O)CC2)CC1. The monoisotopic (exact) mass is 695 g/mol. The van der Waals surface area contributed by atoms with E-state index in [1.807, 2.05) is 6.79 Å². The molecule has 0 aliphatic heterocycles. The summed E-state index contributed by atoms with van der Waals surface area (Å²) in [5.41, 5.74) is 0. The van der Waals surface area contributed by atoms with Crippen LogP contribution in [0.25, 0.3) is 0 Å². The van der Waals surface area contributed by atoms with Crippen LogP contribution in [0.1, 0.15) is 194 Å². The molecule has 4 nitrogen and oxygen atoms in total. The van der Waals surface area contributed by atoms with Crippen molar-refractivity contribution in [3.05, 3.63) is 24.3 Å². The summed E-state index contributed by atoms with van der Waals surface area (Å²) in [6.45, 7) is 9.07. The van der Waals surface area contributed by atoms with E-state index in [2.05, 4.69) is 45.1 Å². The molecule has 5 rings (SSSR count). The molecule has 0 aromatic carbocycles. The average Bonchev–Trinajstić information content (AvgIpc) is 3.04. The maximum Gasteiger partial charge on any atom is 0.309 e. The van der Waals surface area contributed by atoms with Gasteiger partial charge in [-0.3, -0.25) is 4.79 Å². The van der Waals surface area contributed by atoms with Crippen LogP contribution in [0.5, 0.6) is 0 Å². The molecule has 294 valence electrons. The third-order valence-corrected chi connectivity index (χ3v) is 11.5. The van der Waals surface area contributed by atoms with Crippen LogP contribution in [0.15, 0.2) is 24.3 Å². The second-order valence-electron chi connectivity index (χ2n) is 15.3. The van der Waals surface area contributed by atoms with Crippen LogP contribution in [0.4, 0.5) is 0 Å². The largest absolute Gasteiger partial charge is 0.462 e. The quantitative estimate of drug-likeness (QED) is 0.222. The van der Waals surface area contributed by atoms with Gasteiger partial charge in [0.25, 0.3) is 0 Å². The molecule has 5 saturated carbocycles. The minimum absolute atomic E-state index is 0. The Hall–Kier alpha value is -1.42. The Morgan fingerprint density at radius 1 is 0.469 bits per heavy atom. The predicted octanol–water partition coefficient (Wildman–Crippen LogP) is 13.8. The second-order valence-corrected chi connectivity index (χ2v) is 15.3. The number of hydrogen-bond acceptors (Lipinski definition) is 4. The Morgan fingerprint density at radius 2 is 0.735 bits per heavy atom. The first-order valence-electron chi connectivity index (χ1n) is 18.4. The van der Waals surface area contributed by atoms with Crippen LogP contribution in [0, 0.1) is 47.3 Å². The average molecular weight is 695 g/mol. The van der Waals surface area contributed by atoms with Crippen molar-refractivity contribution in [1.29, 1.82) is 0 Å². The molecule has 0 aromatic heterocycles. The minimum atomic E-state index is -0.0137. The maximum absolute atomic E-state index is 12.5. The molecule has 0 aromatic rings. The van der Waals surface area contributed by atoms with E-state index in [0.717, 1.165) is 74.0 Å². The molecule has 0 spiro atoms. The van der Waals surface area contributed by atoms with Crippen LogP contribution >= 0.6 is 0 Å². The highest BCUT2D eigenvalue weighted by Gasteiger charge is 2.30. The fourth-order valence-corrected chi connectivity index (χ4v) is 8.03. The molecule has 4 heteroatoms. The molecular formula is C45H90O4. The standard InChI is InChI=1S/C23H38O2.C15H26O.CH2O.6CH4/c1-17-3-7-19(8-4-17)9-10-20-11-13-21(14-12-20)23(24)25-22-15-5-18(2)6-16-22;1-12-2-4-13(5-3-12)6-7-14-8-10-15(16)11-9-14;1-2;;;;;;/h9-10,17-22H,3-8,11-16H2,1-2H3;6-7,12-16H,2-5,8-11H2,1H3;1H2;6*1H4/b10-9+;7-6+;;;;;;;. The van der Waals surface area contributed by atoms with Gasteiger partial charge in [-0.15, -0.1) is 0 Å². The van der Waals surface area contributed by atoms with Gasteiger partial charge in [-0.2, -0.15) is 0 Å². The molecule has 0 bridgehead atoms. The summed E-state index contributed by atoms with van der Waals surface area (Å²) in [5.74, 6) is 6.07. The van der Waals surface area contributed by atoms with Crippen LogP contribution in [0.3, 0.4) is 0 Å². The first kappa shape index (κ1) is 54.4. The Balaban J connectivity index is -0.000000374. The van der Waals surface area contributed by atoms with Crippen LogP contribution in [-0.4, -0.2) is 30.1 Å². The number of aliphatic hydroxyl groups excluding tert-OH is 1. The highest BCUT2D eigenvalue weighted by molar-refractivity contribution is 5.72. The molecule has 0 atom stereocenters. The van der Waals surface area contributed by atoms with Crippen molar-refractivity contribution in [2.45, 2.75) is 206 Å². The lowest BCUT2D eigenvalue weighted by Gasteiger charge is -2.30. The normalized spacial score (nSPS) is 34.0. The Morgan fingerprint density at radius 3 is 1.06 bits per heavy atom. The summed E-state index contributed by atoms with van der Waals surface area (Å²) in [6.07, 6.45) is 34.6. The number of hydrogen-bond donors (Lipinski definition) is 1. The predicted molar refractivity (Wildman–Crippen MR) is 219 cm³/mol. The lowest BCUT2D eigenvalue weighted by atomic mass is 9.79.